The fraction of sp³-hybridized carbons (Fsp3) is 0.444. The third-order valence-corrected chi connectivity index (χ3v) is 4.96. The summed E-state index contributed by atoms with van der Waals surface area (Å²) in [5.41, 5.74) is 1.41. The van der Waals surface area contributed by atoms with Gasteiger partial charge in [0.1, 0.15) is 5.75 Å². The summed E-state index contributed by atoms with van der Waals surface area (Å²) in [7, 11) is 1.72. The summed E-state index contributed by atoms with van der Waals surface area (Å²) < 4.78 is 5.29. The number of hydrogen-bond acceptors (Lipinski definition) is 3. The molecule has 0 radical (unpaired) electrons. The van der Waals surface area contributed by atoms with Gasteiger partial charge in [-0.3, -0.25) is 4.90 Å². The lowest BCUT2D eigenvalue weighted by Gasteiger charge is -2.17. The molecule has 2 aliphatic rings. The first-order chi connectivity index (χ1) is 10.3. The lowest BCUT2D eigenvalue weighted by atomic mass is 10.1. The molecule has 0 aliphatic carbocycles. The number of fused-ring (bicyclic) bond motifs is 2. The van der Waals surface area contributed by atoms with Crippen molar-refractivity contribution in [1.29, 1.82) is 0 Å². The molecule has 4 rings (SSSR count). The lowest BCUT2D eigenvalue weighted by molar-refractivity contribution is 0.307. The Balaban J connectivity index is 1.52. The molecular weight excluding hydrogens is 260 g/mol. The molecule has 2 heterocycles. The van der Waals surface area contributed by atoms with Crippen molar-refractivity contribution >= 4 is 10.8 Å². The van der Waals surface area contributed by atoms with E-state index in [0.29, 0.717) is 0 Å². The summed E-state index contributed by atoms with van der Waals surface area (Å²) in [4.78, 5) is 2.59. The van der Waals surface area contributed by atoms with Crippen LogP contribution in [0.15, 0.2) is 36.4 Å². The Morgan fingerprint density at radius 3 is 2.86 bits per heavy atom. The Hall–Kier alpha value is -1.58. The molecule has 0 amide bonds. The van der Waals surface area contributed by atoms with E-state index < -0.39 is 0 Å². The van der Waals surface area contributed by atoms with Crippen molar-refractivity contribution in [1.82, 2.24) is 10.2 Å². The van der Waals surface area contributed by atoms with Gasteiger partial charge in [0.2, 0.25) is 0 Å². The molecule has 2 aromatic rings. The molecule has 2 unspecified atom stereocenters. The summed E-state index contributed by atoms with van der Waals surface area (Å²) in [6, 6.07) is 13.8. The van der Waals surface area contributed by atoms with Crippen molar-refractivity contribution in [2.75, 3.05) is 26.7 Å². The van der Waals surface area contributed by atoms with Crippen LogP contribution in [0.25, 0.3) is 10.8 Å². The summed E-state index contributed by atoms with van der Waals surface area (Å²) in [6.45, 7) is 4.72. The summed E-state index contributed by atoms with van der Waals surface area (Å²) in [6.07, 6.45) is 1.35. The SMILES string of the molecule is COc1ccc2cc(CN3CC4CCNC4C3)ccc2c1. The van der Waals surface area contributed by atoms with Crippen LogP contribution < -0.4 is 10.1 Å². The molecule has 2 fully saturated rings. The Morgan fingerprint density at radius 1 is 1.14 bits per heavy atom. The predicted molar refractivity (Wildman–Crippen MR) is 85.7 cm³/mol. The summed E-state index contributed by atoms with van der Waals surface area (Å²) in [5, 5.41) is 6.17. The van der Waals surface area contributed by atoms with Gasteiger partial charge in [0.15, 0.2) is 0 Å². The van der Waals surface area contributed by atoms with Crippen LogP contribution in [0.5, 0.6) is 5.75 Å². The number of benzene rings is 2. The summed E-state index contributed by atoms with van der Waals surface area (Å²) in [5.74, 6) is 1.79. The molecule has 110 valence electrons. The normalized spacial score (nSPS) is 25.4. The van der Waals surface area contributed by atoms with Gasteiger partial charge >= 0.3 is 0 Å². The number of nitrogens with one attached hydrogen (secondary N) is 1. The molecule has 21 heavy (non-hydrogen) atoms. The smallest absolute Gasteiger partial charge is 0.119 e. The molecule has 3 nitrogen and oxygen atoms in total. The second-order valence-electron chi connectivity index (χ2n) is 6.35. The van der Waals surface area contributed by atoms with Crippen LogP contribution in [0, 0.1) is 5.92 Å². The van der Waals surface area contributed by atoms with E-state index in [1.54, 1.807) is 7.11 Å². The van der Waals surface area contributed by atoms with Crippen LogP contribution in [-0.2, 0) is 6.54 Å². The van der Waals surface area contributed by atoms with E-state index in [2.05, 4.69) is 40.5 Å². The largest absolute Gasteiger partial charge is 0.497 e. The van der Waals surface area contributed by atoms with Gasteiger partial charge in [-0.2, -0.15) is 0 Å². The molecule has 2 saturated heterocycles. The number of likely N-dealkylation sites (tertiary alicyclic amines) is 1. The second kappa shape index (κ2) is 5.32. The van der Waals surface area contributed by atoms with E-state index in [4.69, 9.17) is 4.74 Å². The van der Waals surface area contributed by atoms with Gasteiger partial charge in [-0.25, -0.2) is 0 Å². The quantitative estimate of drug-likeness (QED) is 0.936. The fourth-order valence-electron chi connectivity index (χ4n) is 3.82. The average molecular weight is 282 g/mol. The minimum Gasteiger partial charge on any atom is -0.497 e. The standard InChI is InChI=1S/C18H22N2O/c1-21-17-5-4-14-8-13(2-3-15(14)9-17)10-20-11-16-6-7-19-18(16)12-20/h2-5,8-9,16,18-19H,6-7,10-12H2,1H3. The molecule has 0 spiro atoms. The van der Waals surface area contributed by atoms with E-state index in [1.807, 2.05) is 6.07 Å². The second-order valence-corrected chi connectivity index (χ2v) is 6.35. The molecule has 0 saturated carbocycles. The Labute approximate surface area is 125 Å². The van der Waals surface area contributed by atoms with Gasteiger partial charge in [0.25, 0.3) is 0 Å². The number of rotatable bonds is 3. The van der Waals surface area contributed by atoms with Gasteiger partial charge in [-0.1, -0.05) is 18.2 Å². The Kier molecular flexibility index (Phi) is 3.32. The topological polar surface area (TPSA) is 24.5 Å². The first-order valence-corrected chi connectivity index (χ1v) is 7.84. The minimum absolute atomic E-state index is 0.731. The highest BCUT2D eigenvalue weighted by Gasteiger charge is 2.35. The van der Waals surface area contributed by atoms with Gasteiger partial charge in [-0.05, 0) is 53.4 Å². The number of methoxy groups -OCH3 is 1. The van der Waals surface area contributed by atoms with E-state index >= 15 is 0 Å². The van der Waals surface area contributed by atoms with E-state index in [-0.39, 0.29) is 0 Å². The maximum absolute atomic E-state index is 5.29. The zero-order valence-corrected chi connectivity index (χ0v) is 12.5. The van der Waals surface area contributed by atoms with Crippen molar-refractivity contribution in [3.05, 3.63) is 42.0 Å². The number of hydrogen-bond donors (Lipinski definition) is 1. The van der Waals surface area contributed by atoms with Crippen molar-refractivity contribution in [2.45, 2.75) is 19.0 Å². The molecule has 2 aromatic carbocycles. The van der Waals surface area contributed by atoms with Gasteiger partial charge in [0, 0.05) is 25.7 Å². The van der Waals surface area contributed by atoms with E-state index in [1.165, 1.54) is 42.4 Å². The van der Waals surface area contributed by atoms with Crippen LogP contribution in [0.2, 0.25) is 0 Å². The van der Waals surface area contributed by atoms with E-state index in [0.717, 1.165) is 24.3 Å². The zero-order chi connectivity index (χ0) is 14.2. The highest BCUT2D eigenvalue weighted by molar-refractivity contribution is 5.84. The highest BCUT2D eigenvalue weighted by atomic mass is 16.5. The molecule has 0 bridgehead atoms. The fourth-order valence-corrected chi connectivity index (χ4v) is 3.82. The summed E-state index contributed by atoms with van der Waals surface area (Å²) >= 11 is 0. The molecule has 0 aromatic heterocycles. The van der Waals surface area contributed by atoms with Crippen molar-refractivity contribution in [2.24, 2.45) is 5.92 Å². The molecule has 3 heteroatoms. The lowest BCUT2D eigenvalue weighted by Crippen LogP contribution is -2.29. The molecule has 2 aliphatic heterocycles. The highest BCUT2D eigenvalue weighted by Crippen LogP contribution is 2.27. The maximum atomic E-state index is 5.29. The monoisotopic (exact) mass is 282 g/mol. The first kappa shape index (κ1) is 13.1. The van der Waals surface area contributed by atoms with Crippen LogP contribution in [0.3, 0.4) is 0 Å². The minimum atomic E-state index is 0.731. The van der Waals surface area contributed by atoms with Crippen LogP contribution in [-0.4, -0.2) is 37.7 Å². The molecular formula is C18H22N2O. The van der Waals surface area contributed by atoms with Crippen molar-refractivity contribution in [3.8, 4) is 5.75 Å². The van der Waals surface area contributed by atoms with E-state index in [9.17, 15) is 0 Å². The predicted octanol–water partition coefficient (Wildman–Crippen LogP) is 2.64. The third-order valence-electron chi connectivity index (χ3n) is 4.96. The van der Waals surface area contributed by atoms with Gasteiger partial charge in [0.05, 0.1) is 7.11 Å². The third kappa shape index (κ3) is 2.52. The average Bonchev–Trinajstić information content (AvgIpc) is 3.08. The first-order valence-electron chi connectivity index (χ1n) is 7.84. The van der Waals surface area contributed by atoms with Crippen molar-refractivity contribution in [3.63, 3.8) is 0 Å². The van der Waals surface area contributed by atoms with Crippen molar-refractivity contribution < 1.29 is 4.74 Å². The maximum Gasteiger partial charge on any atom is 0.119 e. The number of nitrogens with zero attached hydrogens (tertiary/aromatic N) is 1. The van der Waals surface area contributed by atoms with Gasteiger partial charge in [-0.15, -0.1) is 0 Å². The molecule has 1 N–H and O–H groups in total. The number of ether oxygens (including phenoxy) is 1. The Morgan fingerprint density at radius 2 is 2.00 bits per heavy atom. The van der Waals surface area contributed by atoms with Crippen LogP contribution in [0.1, 0.15) is 12.0 Å². The molecule has 2 atom stereocenters. The Bertz CT molecular complexity index is 643. The van der Waals surface area contributed by atoms with Crippen LogP contribution >= 0.6 is 0 Å². The van der Waals surface area contributed by atoms with Gasteiger partial charge < -0.3 is 10.1 Å². The zero-order valence-electron chi connectivity index (χ0n) is 12.5. The van der Waals surface area contributed by atoms with Crippen LogP contribution in [0.4, 0.5) is 0 Å².